The van der Waals surface area contributed by atoms with Crippen molar-refractivity contribution in [2.24, 2.45) is 0 Å². The predicted octanol–water partition coefficient (Wildman–Crippen LogP) is 0.725. The summed E-state index contributed by atoms with van der Waals surface area (Å²) in [6.45, 7) is 6.41. The van der Waals surface area contributed by atoms with Gasteiger partial charge in [-0.1, -0.05) is 26.7 Å². The van der Waals surface area contributed by atoms with Crippen LogP contribution >= 0.6 is 0 Å². The minimum atomic E-state index is -0.835. The Morgan fingerprint density at radius 1 is 1.23 bits per heavy atom. The van der Waals surface area contributed by atoms with E-state index in [1.54, 1.807) is 0 Å². The van der Waals surface area contributed by atoms with E-state index in [0.717, 1.165) is 13.2 Å². The molecule has 0 saturated carbocycles. The lowest BCUT2D eigenvalue weighted by atomic mass is 10.4. The minimum Gasteiger partial charge on any atom is -0.320 e. The van der Waals surface area contributed by atoms with Gasteiger partial charge in [-0.05, 0) is 26.7 Å². The molecule has 0 saturated heterocycles. The molecule has 0 aliphatic carbocycles. The second-order valence-electron chi connectivity index (χ2n) is 3.61. The lowest BCUT2D eigenvalue weighted by Crippen LogP contribution is -2.49. The molecule has 4 heteroatoms. The second kappa shape index (κ2) is 8.68. The molecule has 0 amide bonds. The van der Waals surface area contributed by atoms with Crippen molar-refractivity contribution in [2.75, 3.05) is 27.3 Å². The Kier molecular flexibility index (Phi) is 8.75. The first-order valence-electron chi connectivity index (χ1n) is 5.32. The maximum absolute atomic E-state index is 3.61. The lowest BCUT2D eigenvalue weighted by molar-refractivity contribution is 0.585. The summed E-state index contributed by atoms with van der Waals surface area (Å²) in [5.74, 6) is 0. The van der Waals surface area contributed by atoms with Crippen LogP contribution in [0.4, 0.5) is 0 Å². The molecule has 0 radical (unpaired) electrons. The van der Waals surface area contributed by atoms with Crippen LogP contribution in [0.15, 0.2) is 0 Å². The fourth-order valence-corrected chi connectivity index (χ4v) is 3.52. The van der Waals surface area contributed by atoms with Crippen LogP contribution in [0.2, 0.25) is 6.04 Å². The van der Waals surface area contributed by atoms with Gasteiger partial charge in [0.15, 0.2) is 9.12 Å². The van der Waals surface area contributed by atoms with Gasteiger partial charge in [0.05, 0.1) is 0 Å². The van der Waals surface area contributed by atoms with Gasteiger partial charge in [0.2, 0.25) is 0 Å². The lowest BCUT2D eigenvalue weighted by Gasteiger charge is -2.23. The molecule has 0 heterocycles. The molecule has 0 bridgehead atoms. The molecule has 80 valence electrons. The van der Waals surface area contributed by atoms with E-state index in [0.29, 0.717) is 0 Å². The van der Waals surface area contributed by atoms with Crippen LogP contribution in [-0.4, -0.2) is 41.0 Å². The van der Waals surface area contributed by atoms with Crippen LogP contribution in [0.1, 0.15) is 26.7 Å². The first kappa shape index (κ1) is 13.1. The van der Waals surface area contributed by atoms with Crippen molar-refractivity contribution in [1.29, 1.82) is 0 Å². The van der Waals surface area contributed by atoms with Gasteiger partial charge in [0.1, 0.15) is 0 Å². The number of hydrogen-bond donors (Lipinski definition) is 2. The van der Waals surface area contributed by atoms with E-state index in [9.17, 15) is 0 Å². The summed E-state index contributed by atoms with van der Waals surface area (Å²) in [6, 6.07) is 1.37. The third-order valence-corrected chi connectivity index (χ3v) is 5.04. The molecule has 1 atom stereocenters. The Morgan fingerprint density at radius 3 is 2.38 bits per heavy atom. The van der Waals surface area contributed by atoms with Crippen LogP contribution in [-0.2, 0) is 0 Å². The summed E-state index contributed by atoms with van der Waals surface area (Å²) in [5.41, 5.74) is 0. The second-order valence-corrected chi connectivity index (χ2v) is 6.66. The molecule has 0 spiro atoms. The van der Waals surface area contributed by atoms with Crippen LogP contribution in [0.3, 0.4) is 0 Å². The minimum absolute atomic E-state index is 0.835. The third kappa shape index (κ3) is 7.19. The van der Waals surface area contributed by atoms with E-state index in [1.165, 1.54) is 18.9 Å². The zero-order valence-corrected chi connectivity index (χ0v) is 10.7. The Hall–Kier alpha value is 0.0969. The van der Waals surface area contributed by atoms with Crippen LogP contribution in [0, 0.1) is 0 Å². The topological polar surface area (TPSA) is 27.3 Å². The van der Waals surface area contributed by atoms with Gasteiger partial charge in [-0.15, -0.1) is 0 Å². The maximum atomic E-state index is 3.61. The van der Waals surface area contributed by atoms with Crippen molar-refractivity contribution in [3.63, 3.8) is 0 Å². The van der Waals surface area contributed by atoms with E-state index in [-0.39, 0.29) is 0 Å². The van der Waals surface area contributed by atoms with Crippen molar-refractivity contribution in [2.45, 2.75) is 32.7 Å². The number of nitrogens with zero attached hydrogens (tertiary/aromatic N) is 1. The summed E-state index contributed by atoms with van der Waals surface area (Å²) in [7, 11) is 3.54. The highest BCUT2D eigenvalue weighted by molar-refractivity contribution is 6.52. The van der Waals surface area contributed by atoms with Crippen LogP contribution < -0.4 is 10.3 Å². The molecule has 0 fully saturated rings. The first-order valence-corrected chi connectivity index (χ1v) is 7.23. The SMILES string of the molecule is CCCC[SiH](NCNCC)N(C)C. The third-order valence-electron chi connectivity index (χ3n) is 2.17. The van der Waals surface area contributed by atoms with E-state index in [1.807, 2.05) is 0 Å². The van der Waals surface area contributed by atoms with Gasteiger partial charge < -0.3 is 14.9 Å². The zero-order valence-electron chi connectivity index (χ0n) is 9.56. The number of unbranched alkanes of at least 4 members (excludes halogenated alkanes) is 1. The number of rotatable bonds is 8. The van der Waals surface area contributed by atoms with E-state index >= 15 is 0 Å². The Bertz CT molecular complexity index is 109. The van der Waals surface area contributed by atoms with E-state index in [4.69, 9.17) is 0 Å². The number of hydrogen-bond acceptors (Lipinski definition) is 3. The van der Waals surface area contributed by atoms with Gasteiger partial charge in [-0.25, -0.2) is 0 Å². The zero-order chi connectivity index (χ0) is 10.1. The molecule has 0 aromatic carbocycles. The van der Waals surface area contributed by atoms with Crippen molar-refractivity contribution >= 4 is 9.12 Å². The highest BCUT2D eigenvalue weighted by atomic mass is 28.3. The molecule has 13 heavy (non-hydrogen) atoms. The summed E-state index contributed by atoms with van der Waals surface area (Å²) in [6.07, 6.45) is 2.66. The van der Waals surface area contributed by atoms with Crippen molar-refractivity contribution in [3.05, 3.63) is 0 Å². The van der Waals surface area contributed by atoms with Crippen molar-refractivity contribution in [1.82, 2.24) is 14.9 Å². The molecular formula is C9H25N3Si. The first-order chi connectivity index (χ1) is 6.22. The van der Waals surface area contributed by atoms with Gasteiger partial charge in [0.25, 0.3) is 0 Å². The maximum Gasteiger partial charge on any atom is 0.187 e. The Labute approximate surface area is 84.7 Å². The van der Waals surface area contributed by atoms with Crippen molar-refractivity contribution in [3.8, 4) is 0 Å². The predicted molar refractivity (Wildman–Crippen MR) is 62.2 cm³/mol. The largest absolute Gasteiger partial charge is 0.320 e. The Balaban J connectivity index is 3.54. The summed E-state index contributed by atoms with van der Waals surface area (Å²) in [5, 5.41) is 3.31. The van der Waals surface area contributed by atoms with Crippen LogP contribution in [0.25, 0.3) is 0 Å². The molecule has 0 rings (SSSR count). The molecular weight excluding hydrogens is 178 g/mol. The molecule has 0 aliphatic rings. The van der Waals surface area contributed by atoms with Crippen LogP contribution in [0.5, 0.6) is 0 Å². The summed E-state index contributed by atoms with van der Waals surface area (Å²) in [4.78, 5) is 3.61. The molecule has 0 aromatic rings. The van der Waals surface area contributed by atoms with Gasteiger partial charge in [0, 0.05) is 6.67 Å². The number of nitrogens with one attached hydrogen (secondary N) is 2. The van der Waals surface area contributed by atoms with E-state index in [2.05, 4.69) is 42.8 Å². The standard InChI is InChI=1S/C9H25N3Si/c1-5-7-8-13(12(3)4)11-9-10-6-2/h10-11,13H,5-9H2,1-4H3. The highest BCUT2D eigenvalue weighted by Crippen LogP contribution is 1.99. The normalized spacial score (nSPS) is 13.6. The molecule has 1 unspecified atom stereocenters. The average molecular weight is 203 g/mol. The summed E-state index contributed by atoms with van der Waals surface area (Å²) >= 11 is 0. The smallest absolute Gasteiger partial charge is 0.187 e. The fraction of sp³-hybridized carbons (Fsp3) is 1.00. The van der Waals surface area contributed by atoms with Gasteiger partial charge in [-0.3, -0.25) is 0 Å². The van der Waals surface area contributed by atoms with Gasteiger partial charge >= 0.3 is 0 Å². The van der Waals surface area contributed by atoms with E-state index < -0.39 is 9.12 Å². The molecule has 0 aliphatic heterocycles. The molecule has 0 aromatic heterocycles. The van der Waals surface area contributed by atoms with Gasteiger partial charge in [-0.2, -0.15) is 0 Å². The average Bonchev–Trinajstić information content (AvgIpc) is 2.10. The quantitative estimate of drug-likeness (QED) is 0.346. The monoisotopic (exact) mass is 203 g/mol. The molecule has 2 N–H and O–H groups in total. The van der Waals surface area contributed by atoms with Crippen molar-refractivity contribution < 1.29 is 0 Å². The Morgan fingerprint density at radius 2 is 1.92 bits per heavy atom. The summed E-state index contributed by atoms with van der Waals surface area (Å²) < 4.78 is 2.38. The molecule has 3 nitrogen and oxygen atoms in total. The fourth-order valence-electron chi connectivity index (χ4n) is 1.26. The highest BCUT2D eigenvalue weighted by Gasteiger charge is 2.11.